The van der Waals surface area contributed by atoms with Crippen molar-refractivity contribution in [3.63, 3.8) is 0 Å². The van der Waals surface area contributed by atoms with E-state index >= 15 is 0 Å². The number of methoxy groups -OCH3 is 1. The Balaban J connectivity index is 2.04. The molecule has 110 valence electrons. The molecule has 2 aromatic rings. The molecular weight excluding hydrogens is 262 g/mol. The van der Waals surface area contributed by atoms with Crippen LogP contribution < -0.4 is 10.5 Å². The Bertz CT molecular complexity index is 608. The van der Waals surface area contributed by atoms with Crippen LogP contribution in [0.5, 0.6) is 5.75 Å². The van der Waals surface area contributed by atoms with Crippen LogP contribution in [-0.2, 0) is 11.2 Å². The molecule has 0 saturated carbocycles. The largest absolute Gasteiger partial charge is 0.496 e. The zero-order valence-electron chi connectivity index (χ0n) is 12.5. The first-order valence-electron chi connectivity index (χ1n) is 7.06. The number of hydrogen-bond acceptors (Lipinski definition) is 3. The Kier molecular flexibility index (Phi) is 5.12. The highest BCUT2D eigenvalue weighted by molar-refractivity contribution is 5.82. The van der Waals surface area contributed by atoms with Crippen molar-refractivity contribution in [2.75, 3.05) is 7.11 Å². The third kappa shape index (κ3) is 4.17. The molecule has 0 amide bonds. The zero-order chi connectivity index (χ0) is 15.2. The fraction of sp³-hybridized carbons (Fsp3) is 0.278. The summed E-state index contributed by atoms with van der Waals surface area (Å²) < 4.78 is 5.31. The molecule has 2 aromatic carbocycles. The molecule has 1 atom stereocenters. The van der Waals surface area contributed by atoms with Crippen LogP contribution in [0.1, 0.15) is 29.2 Å². The summed E-state index contributed by atoms with van der Waals surface area (Å²) in [6.07, 6.45) is 0.687. The van der Waals surface area contributed by atoms with Gasteiger partial charge >= 0.3 is 0 Å². The number of nitrogens with two attached hydrogens (primary N) is 1. The maximum Gasteiger partial charge on any atom is 0.139 e. The molecule has 0 spiro atoms. The van der Waals surface area contributed by atoms with E-state index in [0.717, 1.165) is 22.4 Å². The van der Waals surface area contributed by atoms with E-state index < -0.39 is 0 Å². The summed E-state index contributed by atoms with van der Waals surface area (Å²) in [5.74, 6) is 0.873. The molecule has 0 saturated heterocycles. The quantitative estimate of drug-likeness (QED) is 0.885. The van der Waals surface area contributed by atoms with E-state index in [9.17, 15) is 4.79 Å². The Morgan fingerprint density at radius 2 is 1.90 bits per heavy atom. The highest BCUT2D eigenvalue weighted by Crippen LogP contribution is 2.22. The SMILES string of the molecule is COc1ccc(C)cc1CC(=O)CC(N)c1ccccc1. The van der Waals surface area contributed by atoms with Crippen molar-refractivity contribution in [3.05, 3.63) is 65.2 Å². The molecule has 0 aliphatic heterocycles. The maximum absolute atomic E-state index is 12.2. The Morgan fingerprint density at radius 1 is 1.19 bits per heavy atom. The summed E-state index contributed by atoms with van der Waals surface area (Å²) in [5.41, 5.74) is 9.12. The molecule has 3 heteroatoms. The van der Waals surface area contributed by atoms with E-state index in [2.05, 4.69) is 0 Å². The minimum atomic E-state index is -0.255. The summed E-state index contributed by atoms with van der Waals surface area (Å²) in [6.45, 7) is 2.00. The molecule has 2 N–H and O–H groups in total. The third-order valence-electron chi connectivity index (χ3n) is 3.50. The fourth-order valence-electron chi connectivity index (χ4n) is 2.39. The average Bonchev–Trinajstić information content (AvgIpc) is 2.48. The van der Waals surface area contributed by atoms with E-state index in [1.165, 1.54) is 0 Å². The molecule has 21 heavy (non-hydrogen) atoms. The van der Waals surface area contributed by atoms with Crippen molar-refractivity contribution in [2.45, 2.75) is 25.8 Å². The monoisotopic (exact) mass is 283 g/mol. The predicted octanol–water partition coefficient (Wildman–Crippen LogP) is 3.21. The van der Waals surface area contributed by atoms with Gasteiger partial charge in [0.25, 0.3) is 0 Å². The number of carbonyl (C=O) groups excluding carboxylic acids is 1. The Hall–Kier alpha value is -2.13. The van der Waals surface area contributed by atoms with Gasteiger partial charge < -0.3 is 10.5 Å². The van der Waals surface area contributed by atoms with E-state index in [0.29, 0.717) is 12.8 Å². The fourth-order valence-corrected chi connectivity index (χ4v) is 2.39. The van der Waals surface area contributed by atoms with Gasteiger partial charge in [0.05, 0.1) is 7.11 Å². The van der Waals surface area contributed by atoms with Gasteiger partial charge in [-0.05, 0) is 18.6 Å². The summed E-state index contributed by atoms with van der Waals surface area (Å²) in [5, 5.41) is 0. The van der Waals surface area contributed by atoms with E-state index in [4.69, 9.17) is 10.5 Å². The first-order valence-corrected chi connectivity index (χ1v) is 7.06. The predicted molar refractivity (Wildman–Crippen MR) is 84.4 cm³/mol. The molecule has 2 rings (SSSR count). The second-order valence-electron chi connectivity index (χ2n) is 5.25. The topological polar surface area (TPSA) is 52.3 Å². The third-order valence-corrected chi connectivity index (χ3v) is 3.50. The molecule has 0 aliphatic rings. The van der Waals surface area contributed by atoms with E-state index in [-0.39, 0.29) is 11.8 Å². The number of Topliss-reactive ketones (excluding diaryl/α,β-unsaturated/α-hetero) is 1. The molecule has 0 fully saturated rings. The second kappa shape index (κ2) is 7.04. The van der Waals surface area contributed by atoms with Gasteiger partial charge in [0.15, 0.2) is 0 Å². The molecular formula is C18H21NO2. The highest BCUT2D eigenvalue weighted by Gasteiger charge is 2.14. The first-order chi connectivity index (χ1) is 10.1. The normalized spacial score (nSPS) is 12.0. The minimum Gasteiger partial charge on any atom is -0.496 e. The first kappa shape index (κ1) is 15.3. The van der Waals surface area contributed by atoms with Crippen molar-refractivity contribution in [1.82, 2.24) is 0 Å². The van der Waals surface area contributed by atoms with Crippen LogP contribution in [0.4, 0.5) is 0 Å². The minimum absolute atomic E-state index is 0.121. The van der Waals surface area contributed by atoms with Gasteiger partial charge in [0.1, 0.15) is 11.5 Å². The number of hydrogen-bond donors (Lipinski definition) is 1. The molecule has 0 aliphatic carbocycles. The van der Waals surface area contributed by atoms with Crippen molar-refractivity contribution in [2.24, 2.45) is 5.73 Å². The lowest BCUT2D eigenvalue weighted by Gasteiger charge is -2.13. The number of ether oxygens (including phenoxy) is 1. The van der Waals surface area contributed by atoms with Crippen LogP contribution in [-0.4, -0.2) is 12.9 Å². The van der Waals surface area contributed by atoms with Crippen LogP contribution >= 0.6 is 0 Å². The van der Waals surface area contributed by atoms with Gasteiger partial charge in [-0.25, -0.2) is 0 Å². The molecule has 0 aromatic heterocycles. The van der Waals surface area contributed by atoms with E-state index in [1.807, 2.05) is 55.5 Å². The lowest BCUT2D eigenvalue weighted by molar-refractivity contribution is -0.118. The molecule has 0 bridgehead atoms. The van der Waals surface area contributed by atoms with Crippen molar-refractivity contribution in [1.29, 1.82) is 0 Å². The smallest absolute Gasteiger partial charge is 0.139 e. The summed E-state index contributed by atoms with van der Waals surface area (Å²) in [7, 11) is 1.62. The average molecular weight is 283 g/mol. The van der Waals surface area contributed by atoms with Gasteiger partial charge in [-0.15, -0.1) is 0 Å². The molecule has 0 radical (unpaired) electrons. The molecule has 3 nitrogen and oxygen atoms in total. The standard InChI is InChI=1S/C18H21NO2/c1-13-8-9-18(21-2)15(10-13)11-16(20)12-17(19)14-6-4-3-5-7-14/h3-10,17H,11-12,19H2,1-2H3. The summed E-state index contributed by atoms with van der Waals surface area (Å²) >= 11 is 0. The number of carbonyl (C=O) groups is 1. The zero-order valence-corrected chi connectivity index (χ0v) is 12.5. The lowest BCUT2D eigenvalue weighted by Crippen LogP contribution is -2.17. The van der Waals surface area contributed by atoms with Gasteiger partial charge in [-0.1, -0.05) is 48.0 Å². The van der Waals surface area contributed by atoms with Crippen molar-refractivity contribution in [3.8, 4) is 5.75 Å². The van der Waals surface area contributed by atoms with Crippen LogP contribution in [0, 0.1) is 6.92 Å². The van der Waals surface area contributed by atoms with Gasteiger partial charge in [-0.3, -0.25) is 4.79 Å². The number of ketones is 1. The van der Waals surface area contributed by atoms with Crippen molar-refractivity contribution < 1.29 is 9.53 Å². The lowest BCUT2D eigenvalue weighted by atomic mass is 9.98. The van der Waals surface area contributed by atoms with Crippen molar-refractivity contribution >= 4 is 5.78 Å². The molecule has 1 unspecified atom stereocenters. The Morgan fingerprint density at radius 3 is 2.57 bits per heavy atom. The number of benzene rings is 2. The highest BCUT2D eigenvalue weighted by atomic mass is 16.5. The van der Waals surface area contributed by atoms with Crippen LogP contribution in [0.25, 0.3) is 0 Å². The van der Waals surface area contributed by atoms with Gasteiger partial charge in [0, 0.05) is 24.4 Å². The van der Waals surface area contributed by atoms with Crippen LogP contribution in [0.3, 0.4) is 0 Å². The number of rotatable bonds is 6. The van der Waals surface area contributed by atoms with Gasteiger partial charge in [0.2, 0.25) is 0 Å². The Labute approximate surface area is 125 Å². The van der Waals surface area contributed by atoms with Crippen LogP contribution in [0.15, 0.2) is 48.5 Å². The summed E-state index contributed by atoms with van der Waals surface area (Å²) in [6, 6.07) is 15.3. The second-order valence-corrected chi connectivity index (χ2v) is 5.25. The summed E-state index contributed by atoms with van der Waals surface area (Å²) in [4.78, 5) is 12.2. The maximum atomic E-state index is 12.2. The van der Waals surface area contributed by atoms with E-state index in [1.54, 1.807) is 7.11 Å². The van der Waals surface area contributed by atoms with Gasteiger partial charge in [-0.2, -0.15) is 0 Å². The number of aryl methyl sites for hydroxylation is 1. The van der Waals surface area contributed by atoms with Crippen LogP contribution in [0.2, 0.25) is 0 Å². The molecule has 0 heterocycles.